The van der Waals surface area contributed by atoms with Gasteiger partial charge in [0.05, 0.1) is 12.2 Å². The second-order valence-corrected chi connectivity index (χ2v) is 6.25. The van der Waals surface area contributed by atoms with Crippen molar-refractivity contribution in [2.24, 2.45) is 7.05 Å². The number of rotatable bonds is 3. The molecule has 0 bridgehead atoms. The molecule has 2 aromatic heterocycles. The first-order valence-corrected chi connectivity index (χ1v) is 6.99. The molecule has 1 fully saturated rings. The van der Waals surface area contributed by atoms with Crippen molar-refractivity contribution in [3.8, 4) is 0 Å². The molecule has 0 saturated carbocycles. The van der Waals surface area contributed by atoms with Crippen LogP contribution in [0.3, 0.4) is 0 Å². The minimum Gasteiger partial charge on any atom is -0.274 e. The number of aromatic nitrogens is 4. The van der Waals surface area contributed by atoms with Crippen LogP contribution >= 0.6 is 0 Å². The average Bonchev–Trinajstić information content (AvgIpc) is 2.86. The first-order valence-electron chi connectivity index (χ1n) is 5.55. The Hall–Kier alpha value is -1.67. The molecule has 0 aromatic carbocycles. The lowest BCUT2D eigenvalue weighted by molar-refractivity contribution is 0.191. The van der Waals surface area contributed by atoms with Crippen LogP contribution in [0.15, 0.2) is 35.7 Å². The molecule has 1 aliphatic heterocycles. The highest BCUT2D eigenvalue weighted by molar-refractivity contribution is 7.89. The van der Waals surface area contributed by atoms with Crippen molar-refractivity contribution in [2.75, 3.05) is 13.1 Å². The van der Waals surface area contributed by atoms with Crippen LogP contribution in [-0.4, -0.2) is 45.4 Å². The molecule has 0 spiro atoms. The topological polar surface area (TPSA) is 73.0 Å². The summed E-state index contributed by atoms with van der Waals surface area (Å²) in [5.41, 5.74) is 0. The molecule has 96 valence electrons. The zero-order valence-corrected chi connectivity index (χ0v) is 10.7. The SMILES string of the molecule is Cn1cc(S(=O)(=O)N2CC(n3cccn3)C2)cn1. The van der Waals surface area contributed by atoms with E-state index in [2.05, 4.69) is 10.2 Å². The third-order valence-electron chi connectivity index (χ3n) is 3.05. The number of hydrogen-bond donors (Lipinski definition) is 0. The Morgan fingerprint density at radius 2 is 2.11 bits per heavy atom. The van der Waals surface area contributed by atoms with Gasteiger partial charge in [-0.25, -0.2) is 8.42 Å². The van der Waals surface area contributed by atoms with E-state index in [1.807, 2.05) is 12.3 Å². The Balaban J connectivity index is 1.75. The van der Waals surface area contributed by atoms with Crippen LogP contribution in [0.2, 0.25) is 0 Å². The highest BCUT2D eigenvalue weighted by atomic mass is 32.2. The molecule has 18 heavy (non-hydrogen) atoms. The molecule has 0 aliphatic carbocycles. The Bertz CT molecular complexity index is 640. The highest BCUT2D eigenvalue weighted by Gasteiger charge is 2.38. The Morgan fingerprint density at radius 1 is 1.33 bits per heavy atom. The number of sulfonamides is 1. The van der Waals surface area contributed by atoms with Gasteiger partial charge in [0.25, 0.3) is 0 Å². The molecule has 0 atom stereocenters. The van der Waals surface area contributed by atoms with Crippen molar-refractivity contribution >= 4 is 10.0 Å². The summed E-state index contributed by atoms with van der Waals surface area (Å²) in [6.45, 7) is 0.914. The maximum Gasteiger partial charge on any atom is 0.246 e. The fraction of sp³-hybridized carbons (Fsp3) is 0.400. The lowest BCUT2D eigenvalue weighted by Crippen LogP contribution is -2.50. The van der Waals surface area contributed by atoms with E-state index in [4.69, 9.17) is 0 Å². The van der Waals surface area contributed by atoms with E-state index >= 15 is 0 Å². The molecule has 0 radical (unpaired) electrons. The van der Waals surface area contributed by atoms with Crippen LogP contribution in [0.5, 0.6) is 0 Å². The molecule has 1 aliphatic rings. The summed E-state index contributed by atoms with van der Waals surface area (Å²) in [6, 6.07) is 1.96. The molecule has 8 heteroatoms. The summed E-state index contributed by atoms with van der Waals surface area (Å²) in [5, 5.41) is 8.00. The fourth-order valence-electron chi connectivity index (χ4n) is 1.96. The van der Waals surface area contributed by atoms with Gasteiger partial charge < -0.3 is 0 Å². The maximum absolute atomic E-state index is 12.2. The molecule has 3 heterocycles. The van der Waals surface area contributed by atoms with Crippen LogP contribution in [-0.2, 0) is 17.1 Å². The van der Waals surface area contributed by atoms with Gasteiger partial charge in [0.15, 0.2) is 0 Å². The lowest BCUT2D eigenvalue weighted by Gasteiger charge is -2.37. The predicted molar refractivity (Wildman–Crippen MR) is 63.2 cm³/mol. The Labute approximate surface area is 105 Å². The van der Waals surface area contributed by atoms with Crippen molar-refractivity contribution < 1.29 is 8.42 Å². The summed E-state index contributed by atoms with van der Waals surface area (Å²) in [5.74, 6) is 0. The maximum atomic E-state index is 12.2. The molecule has 3 rings (SSSR count). The fourth-order valence-corrected chi connectivity index (χ4v) is 3.46. The van der Waals surface area contributed by atoms with Crippen LogP contribution in [0, 0.1) is 0 Å². The van der Waals surface area contributed by atoms with Crippen molar-refractivity contribution in [1.82, 2.24) is 23.9 Å². The second-order valence-electron chi connectivity index (χ2n) is 4.31. The minimum absolute atomic E-state index is 0.131. The smallest absolute Gasteiger partial charge is 0.246 e. The zero-order chi connectivity index (χ0) is 12.8. The normalized spacial score (nSPS) is 17.8. The molecule has 7 nitrogen and oxygen atoms in total. The van der Waals surface area contributed by atoms with Crippen molar-refractivity contribution in [2.45, 2.75) is 10.9 Å². The average molecular weight is 267 g/mol. The van der Waals surface area contributed by atoms with E-state index in [0.29, 0.717) is 13.1 Å². The van der Waals surface area contributed by atoms with E-state index < -0.39 is 10.0 Å². The van der Waals surface area contributed by atoms with Gasteiger partial charge in [-0.2, -0.15) is 14.5 Å². The van der Waals surface area contributed by atoms with E-state index in [1.54, 1.807) is 17.9 Å². The third-order valence-corrected chi connectivity index (χ3v) is 4.83. The summed E-state index contributed by atoms with van der Waals surface area (Å²) < 4.78 is 29.1. The summed E-state index contributed by atoms with van der Waals surface area (Å²) in [7, 11) is -1.70. The van der Waals surface area contributed by atoms with Crippen molar-refractivity contribution in [1.29, 1.82) is 0 Å². The third kappa shape index (κ3) is 1.73. The van der Waals surface area contributed by atoms with Gasteiger partial charge in [-0.15, -0.1) is 0 Å². The zero-order valence-electron chi connectivity index (χ0n) is 9.84. The molecular formula is C10H13N5O2S. The van der Waals surface area contributed by atoms with Crippen LogP contribution < -0.4 is 0 Å². The standard InChI is InChI=1S/C10H13N5O2S/c1-13-8-10(5-12-13)18(16,17)14-6-9(7-14)15-4-2-3-11-15/h2-5,8-9H,6-7H2,1H3. The van der Waals surface area contributed by atoms with Gasteiger partial charge in [0, 0.05) is 38.7 Å². The van der Waals surface area contributed by atoms with Crippen molar-refractivity contribution in [3.05, 3.63) is 30.9 Å². The van der Waals surface area contributed by atoms with Gasteiger partial charge in [-0.1, -0.05) is 0 Å². The van der Waals surface area contributed by atoms with Crippen LogP contribution in [0.4, 0.5) is 0 Å². The predicted octanol–water partition coefficient (Wildman–Crippen LogP) is -0.138. The second kappa shape index (κ2) is 3.92. The van der Waals surface area contributed by atoms with Gasteiger partial charge in [-0.3, -0.25) is 9.36 Å². The van der Waals surface area contributed by atoms with Gasteiger partial charge >= 0.3 is 0 Å². The van der Waals surface area contributed by atoms with Crippen LogP contribution in [0.1, 0.15) is 6.04 Å². The summed E-state index contributed by atoms with van der Waals surface area (Å²) in [6.07, 6.45) is 6.42. The minimum atomic E-state index is -3.40. The van der Waals surface area contributed by atoms with Gasteiger partial charge in [-0.05, 0) is 6.07 Å². The Kier molecular flexibility index (Phi) is 2.49. The quantitative estimate of drug-likeness (QED) is 0.776. The molecule has 1 saturated heterocycles. The monoisotopic (exact) mass is 267 g/mol. The Morgan fingerprint density at radius 3 is 2.67 bits per heavy atom. The molecular weight excluding hydrogens is 254 g/mol. The molecule has 2 aromatic rings. The van der Waals surface area contributed by atoms with Crippen molar-refractivity contribution in [3.63, 3.8) is 0 Å². The van der Waals surface area contributed by atoms with Gasteiger partial charge in [0.1, 0.15) is 4.90 Å². The number of hydrogen-bond acceptors (Lipinski definition) is 4. The molecule has 0 unspecified atom stereocenters. The summed E-state index contributed by atoms with van der Waals surface area (Å²) in [4.78, 5) is 0.240. The largest absolute Gasteiger partial charge is 0.274 e. The summed E-state index contributed by atoms with van der Waals surface area (Å²) >= 11 is 0. The molecule has 0 amide bonds. The first kappa shape index (κ1) is 11.4. The number of nitrogens with zero attached hydrogens (tertiary/aromatic N) is 5. The lowest BCUT2D eigenvalue weighted by atomic mass is 10.2. The van der Waals surface area contributed by atoms with E-state index in [9.17, 15) is 8.42 Å². The van der Waals surface area contributed by atoms with E-state index in [0.717, 1.165) is 0 Å². The van der Waals surface area contributed by atoms with Crippen LogP contribution in [0.25, 0.3) is 0 Å². The van der Waals surface area contributed by atoms with E-state index in [-0.39, 0.29) is 10.9 Å². The van der Waals surface area contributed by atoms with Gasteiger partial charge in [0.2, 0.25) is 10.0 Å². The van der Waals surface area contributed by atoms with E-state index in [1.165, 1.54) is 21.4 Å². The number of aryl methyl sites for hydroxylation is 1. The highest BCUT2D eigenvalue weighted by Crippen LogP contribution is 2.27. The molecule has 0 N–H and O–H groups in total. The first-order chi connectivity index (χ1) is 8.57.